The van der Waals surface area contributed by atoms with Crippen LogP contribution in [0, 0.1) is 11.8 Å². The minimum absolute atomic E-state index is 0.00352. The Labute approximate surface area is 187 Å². The van der Waals surface area contributed by atoms with Gasteiger partial charge < -0.3 is 16.0 Å². The first-order chi connectivity index (χ1) is 15.4. The maximum atomic E-state index is 13.0. The van der Waals surface area contributed by atoms with Crippen molar-refractivity contribution in [2.24, 2.45) is 11.8 Å². The van der Waals surface area contributed by atoms with E-state index < -0.39 is 35.1 Å². The molecule has 2 aliphatic rings. The lowest BCUT2D eigenvalue weighted by Crippen LogP contribution is -2.44. The van der Waals surface area contributed by atoms with Crippen molar-refractivity contribution < 1.29 is 35.9 Å². The Morgan fingerprint density at radius 2 is 1.39 bits per heavy atom. The fourth-order valence-electron chi connectivity index (χ4n) is 4.42. The van der Waals surface area contributed by atoms with Crippen molar-refractivity contribution in [3.63, 3.8) is 0 Å². The van der Waals surface area contributed by atoms with E-state index in [0.29, 0.717) is 37.8 Å². The number of alkyl halides is 6. The highest BCUT2D eigenvalue weighted by molar-refractivity contribution is 5.91. The standard InChI is InChI=1S/C22H27F6N3O2/c23-21(24,25)15-10-16(22(26,27)28)12-18(11-15)30-19(32)9-13-1-3-17(4-2-13)31-20(33)14-5-7-29-8-6-14/h10-14,17,29H,1-9H2,(H,30,32)(H,31,33). The van der Waals surface area contributed by atoms with Crippen LogP contribution in [-0.4, -0.2) is 30.9 Å². The summed E-state index contributed by atoms with van der Waals surface area (Å²) in [4.78, 5) is 24.7. The lowest BCUT2D eigenvalue weighted by Gasteiger charge is -2.31. The summed E-state index contributed by atoms with van der Waals surface area (Å²) in [5.41, 5.74) is -3.49. The van der Waals surface area contributed by atoms with Crippen molar-refractivity contribution >= 4 is 17.5 Å². The molecule has 33 heavy (non-hydrogen) atoms. The van der Waals surface area contributed by atoms with Gasteiger partial charge in [0.25, 0.3) is 0 Å². The lowest BCUT2D eigenvalue weighted by atomic mass is 9.83. The largest absolute Gasteiger partial charge is 0.416 e. The van der Waals surface area contributed by atoms with Crippen molar-refractivity contribution in [2.75, 3.05) is 18.4 Å². The van der Waals surface area contributed by atoms with Crippen LogP contribution in [0.2, 0.25) is 0 Å². The fraction of sp³-hybridized carbons (Fsp3) is 0.636. The predicted octanol–water partition coefficient (Wildman–Crippen LogP) is 4.73. The number of benzene rings is 1. The minimum Gasteiger partial charge on any atom is -0.353 e. The van der Waals surface area contributed by atoms with Gasteiger partial charge in [-0.25, -0.2) is 0 Å². The molecular weight excluding hydrogens is 452 g/mol. The van der Waals surface area contributed by atoms with Gasteiger partial charge in [0.2, 0.25) is 11.8 Å². The second kappa shape index (κ2) is 10.3. The van der Waals surface area contributed by atoms with Crippen molar-refractivity contribution in [3.8, 4) is 0 Å². The average molecular weight is 479 g/mol. The summed E-state index contributed by atoms with van der Waals surface area (Å²) in [6.07, 6.45) is -5.73. The lowest BCUT2D eigenvalue weighted by molar-refractivity contribution is -0.143. The Morgan fingerprint density at radius 3 is 1.91 bits per heavy atom. The molecule has 0 spiro atoms. The molecule has 1 aliphatic carbocycles. The van der Waals surface area contributed by atoms with Crippen LogP contribution >= 0.6 is 0 Å². The molecule has 1 aliphatic heterocycles. The highest BCUT2D eigenvalue weighted by Gasteiger charge is 2.37. The summed E-state index contributed by atoms with van der Waals surface area (Å²) in [5.74, 6) is -0.638. The van der Waals surface area contributed by atoms with Crippen LogP contribution in [0.15, 0.2) is 18.2 Å². The zero-order valence-electron chi connectivity index (χ0n) is 17.9. The van der Waals surface area contributed by atoms with E-state index in [4.69, 9.17) is 0 Å². The highest BCUT2D eigenvalue weighted by Crippen LogP contribution is 2.37. The van der Waals surface area contributed by atoms with Gasteiger partial charge in [0.05, 0.1) is 11.1 Å². The van der Waals surface area contributed by atoms with Crippen LogP contribution in [0.5, 0.6) is 0 Å². The monoisotopic (exact) mass is 479 g/mol. The Morgan fingerprint density at radius 1 is 0.848 bits per heavy atom. The van der Waals surface area contributed by atoms with Gasteiger partial charge in [0.1, 0.15) is 0 Å². The van der Waals surface area contributed by atoms with Crippen molar-refractivity contribution in [1.82, 2.24) is 10.6 Å². The normalized spacial score (nSPS) is 22.6. The van der Waals surface area contributed by atoms with E-state index in [1.54, 1.807) is 0 Å². The molecule has 2 fully saturated rings. The van der Waals surface area contributed by atoms with E-state index >= 15 is 0 Å². The molecule has 5 nitrogen and oxygen atoms in total. The van der Waals surface area contributed by atoms with Gasteiger partial charge in [-0.3, -0.25) is 9.59 Å². The summed E-state index contributed by atoms with van der Waals surface area (Å²) in [5, 5.41) is 8.45. The average Bonchev–Trinajstić information content (AvgIpc) is 2.74. The molecule has 1 heterocycles. The van der Waals surface area contributed by atoms with E-state index in [2.05, 4.69) is 16.0 Å². The first-order valence-electron chi connectivity index (χ1n) is 11.0. The molecule has 11 heteroatoms. The van der Waals surface area contributed by atoms with Crippen molar-refractivity contribution in [1.29, 1.82) is 0 Å². The van der Waals surface area contributed by atoms with E-state index in [-0.39, 0.29) is 36.3 Å². The van der Waals surface area contributed by atoms with Crippen molar-refractivity contribution in [3.05, 3.63) is 29.3 Å². The summed E-state index contributed by atoms with van der Waals surface area (Å²) in [7, 11) is 0. The number of anilines is 1. The van der Waals surface area contributed by atoms with E-state index in [0.717, 1.165) is 25.9 Å². The summed E-state index contributed by atoms with van der Waals surface area (Å²) in [6, 6.07) is 1.04. The third-order valence-electron chi connectivity index (χ3n) is 6.25. The van der Waals surface area contributed by atoms with Crippen LogP contribution in [-0.2, 0) is 21.9 Å². The third-order valence-corrected chi connectivity index (χ3v) is 6.25. The number of hydrogen-bond acceptors (Lipinski definition) is 3. The van der Waals surface area contributed by atoms with Gasteiger partial charge in [-0.2, -0.15) is 26.3 Å². The molecule has 0 aromatic heterocycles. The molecule has 2 amide bonds. The van der Waals surface area contributed by atoms with Crippen LogP contribution in [0.25, 0.3) is 0 Å². The quantitative estimate of drug-likeness (QED) is 0.535. The molecule has 1 saturated carbocycles. The van der Waals surface area contributed by atoms with Gasteiger partial charge in [-0.15, -0.1) is 0 Å². The fourth-order valence-corrected chi connectivity index (χ4v) is 4.42. The van der Waals surface area contributed by atoms with Gasteiger partial charge in [-0.1, -0.05) is 0 Å². The molecule has 1 aromatic carbocycles. The Balaban J connectivity index is 1.52. The zero-order chi connectivity index (χ0) is 24.2. The highest BCUT2D eigenvalue weighted by atomic mass is 19.4. The number of halogens is 6. The molecule has 0 unspecified atom stereocenters. The number of amides is 2. The number of rotatable bonds is 5. The molecular formula is C22H27F6N3O2. The first-order valence-corrected chi connectivity index (χ1v) is 11.0. The van der Waals surface area contributed by atoms with Gasteiger partial charge >= 0.3 is 12.4 Å². The number of hydrogen-bond donors (Lipinski definition) is 3. The molecule has 3 N–H and O–H groups in total. The summed E-state index contributed by atoms with van der Waals surface area (Å²) in [6.45, 7) is 1.63. The molecule has 0 radical (unpaired) electrons. The van der Waals surface area contributed by atoms with E-state index in [1.165, 1.54) is 0 Å². The molecule has 0 bridgehead atoms. The first kappa shape index (κ1) is 25.3. The topological polar surface area (TPSA) is 70.2 Å². The molecule has 1 aromatic rings. The van der Waals surface area contributed by atoms with E-state index in [1.807, 2.05) is 0 Å². The number of carbonyl (C=O) groups excluding carboxylic acids is 2. The Hall–Kier alpha value is -2.30. The minimum atomic E-state index is -4.97. The predicted molar refractivity (Wildman–Crippen MR) is 109 cm³/mol. The second-order valence-corrected chi connectivity index (χ2v) is 8.80. The molecule has 3 rings (SSSR count). The zero-order valence-corrected chi connectivity index (χ0v) is 17.9. The number of carbonyl (C=O) groups is 2. The summed E-state index contributed by atoms with van der Waals surface area (Å²) >= 11 is 0. The smallest absolute Gasteiger partial charge is 0.353 e. The third kappa shape index (κ3) is 7.35. The molecule has 1 saturated heterocycles. The second-order valence-electron chi connectivity index (χ2n) is 8.80. The number of piperidine rings is 1. The van der Waals surface area contributed by atoms with Gasteiger partial charge in [0, 0.05) is 24.1 Å². The van der Waals surface area contributed by atoms with E-state index in [9.17, 15) is 35.9 Å². The maximum Gasteiger partial charge on any atom is 0.416 e. The van der Waals surface area contributed by atoms with Crippen molar-refractivity contribution in [2.45, 2.75) is 63.3 Å². The van der Waals surface area contributed by atoms with Crippen LogP contribution in [0.3, 0.4) is 0 Å². The molecule has 184 valence electrons. The van der Waals surface area contributed by atoms with Crippen LogP contribution in [0.4, 0.5) is 32.0 Å². The summed E-state index contributed by atoms with van der Waals surface area (Å²) < 4.78 is 77.9. The van der Waals surface area contributed by atoms with Crippen LogP contribution < -0.4 is 16.0 Å². The Bertz CT molecular complexity index is 809. The van der Waals surface area contributed by atoms with Gasteiger partial charge in [0.15, 0.2) is 0 Å². The Kier molecular flexibility index (Phi) is 7.92. The maximum absolute atomic E-state index is 13.0. The van der Waals surface area contributed by atoms with Crippen LogP contribution in [0.1, 0.15) is 56.1 Å². The molecule has 0 atom stereocenters. The van der Waals surface area contributed by atoms with Gasteiger partial charge in [-0.05, 0) is 75.7 Å². The number of nitrogens with one attached hydrogen (secondary N) is 3. The SMILES string of the molecule is O=C(CC1CCC(NC(=O)C2CCNCC2)CC1)Nc1cc(C(F)(F)F)cc(C(F)(F)F)c1.